The summed E-state index contributed by atoms with van der Waals surface area (Å²) in [6.45, 7) is 0.133. The molecule has 1 aromatic heterocycles. The largest absolute Gasteiger partial charge is 0.481 e. The molecule has 0 aliphatic carbocycles. The highest BCUT2D eigenvalue weighted by atomic mass is 79.9. The molecule has 7 heteroatoms. The number of nitrogens with zero attached hydrogens (tertiary/aromatic N) is 2. The molecule has 2 aromatic carbocycles. The van der Waals surface area contributed by atoms with Crippen molar-refractivity contribution < 1.29 is 19.4 Å². The van der Waals surface area contributed by atoms with E-state index in [1.165, 1.54) is 0 Å². The lowest BCUT2D eigenvalue weighted by atomic mass is 9.95. The van der Waals surface area contributed by atoms with Crippen molar-refractivity contribution in [3.05, 3.63) is 82.6 Å². The van der Waals surface area contributed by atoms with E-state index in [4.69, 9.17) is 4.74 Å². The summed E-state index contributed by atoms with van der Waals surface area (Å²) in [5, 5.41) is 9.50. The summed E-state index contributed by atoms with van der Waals surface area (Å²) in [5.74, 6) is -1.82. The molecule has 0 saturated carbocycles. The fourth-order valence-corrected chi connectivity index (χ4v) is 2.99. The zero-order valence-corrected chi connectivity index (χ0v) is 17.1. The average molecular weight is 455 g/mol. The number of benzene rings is 2. The first-order valence-corrected chi connectivity index (χ1v) is 9.80. The first-order chi connectivity index (χ1) is 14.0. The number of esters is 1. The number of rotatable bonds is 8. The third kappa shape index (κ3) is 6.22. The molecule has 3 aromatic rings. The van der Waals surface area contributed by atoms with Gasteiger partial charge in [-0.05, 0) is 33.5 Å². The van der Waals surface area contributed by atoms with Crippen LogP contribution in [0.25, 0.3) is 11.4 Å². The molecule has 1 atom stereocenters. The van der Waals surface area contributed by atoms with Gasteiger partial charge in [-0.1, -0.05) is 54.6 Å². The maximum atomic E-state index is 12.1. The van der Waals surface area contributed by atoms with Crippen LogP contribution in [0.5, 0.6) is 0 Å². The molecule has 0 amide bonds. The highest BCUT2D eigenvalue weighted by molar-refractivity contribution is 9.10. The highest BCUT2D eigenvalue weighted by Crippen LogP contribution is 2.20. The van der Waals surface area contributed by atoms with Crippen LogP contribution in [0.1, 0.15) is 17.5 Å². The number of carboxylic acid groups (broad SMARTS) is 1. The van der Waals surface area contributed by atoms with E-state index in [1.54, 1.807) is 12.4 Å². The topological polar surface area (TPSA) is 89.4 Å². The van der Waals surface area contributed by atoms with Crippen molar-refractivity contribution in [2.75, 3.05) is 0 Å². The molecule has 0 unspecified atom stereocenters. The van der Waals surface area contributed by atoms with Crippen LogP contribution in [0.4, 0.5) is 0 Å². The van der Waals surface area contributed by atoms with Crippen LogP contribution in [0.2, 0.25) is 0 Å². The standard InChI is InChI=1S/C22H19BrN2O4/c23-19-12-24-21(25-13-19)17-8-6-15(7-9-17)10-18(22(27)28)11-20(26)29-14-16-4-2-1-3-5-16/h1-9,12-13,18H,10-11,14H2,(H,27,28)/t18-/m1/s1. The molecular formula is C22H19BrN2O4. The van der Waals surface area contributed by atoms with Crippen molar-refractivity contribution >= 4 is 27.9 Å². The van der Waals surface area contributed by atoms with E-state index in [0.29, 0.717) is 5.82 Å². The first-order valence-electron chi connectivity index (χ1n) is 9.00. The molecule has 0 spiro atoms. The fourth-order valence-electron chi connectivity index (χ4n) is 2.78. The molecule has 0 saturated heterocycles. The first kappa shape index (κ1) is 20.7. The van der Waals surface area contributed by atoms with Gasteiger partial charge in [-0.15, -0.1) is 0 Å². The van der Waals surface area contributed by atoms with Crippen molar-refractivity contribution in [3.63, 3.8) is 0 Å². The minimum atomic E-state index is -1.03. The SMILES string of the molecule is O=C(C[C@@H](Cc1ccc(-c2ncc(Br)cn2)cc1)C(=O)O)OCc1ccccc1. The minimum Gasteiger partial charge on any atom is -0.481 e. The van der Waals surface area contributed by atoms with Gasteiger partial charge in [0.15, 0.2) is 5.82 Å². The Bertz CT molecular complexity index is 960. The van der Waals surface area contributed by atoms with Crippen LogP contribution in [0, 0.1) is 5.92 Å². The summed E-state index contributed by atoms with van der Waals surface area (Å²) in [6, 6.07) is 16.6. The molecule has 0 radical (unpaired) electrons. The highest BCUT2D eigenvalue weighted by Gasteiger charge is 2.22. The van der Waals surface area contributed by atoms with Gasteiger partial charge in [-0.3, -0.25) is 9.59 Å². The van der Waals surface area contributed by atoms with Crippen molar-refractivity contribution in [1.82, 2.24) is 9.97 Å². The molecule has 148 valence electrons. The number of aliphatic carboxylic acids is 1. The van der Waals surface area contributed by atoms with Crippen molar-refractivity contribution in [3.8, 4) is 11.4 Å². The molecular weight excluding hydrogens is 436 g/mol. The van der Waals surface area contributed by atoms with Crippen molar-refractivity contribution in [1.29, 1.82) is 0 Å². The lowest BCUT2D eigenvalue weighted by Gasteiger charge is -2.12. The van der Waals surface area contributed by atoms with Gasteiger partial charge in [-0.2, -0.15) is 0 Å². The summed E-state index contributed by atoms with van der Waals surface area (Å²) in [5.41, 5.74) is 2.50. The van der Waals surface area contributed by atoms with Crippen LogP contribution >= 0.6 is 15.9 Å². The van der Waals surface area contributed by atoms with Crippen LogP contribution in [-0.2, 0) is 27.4 Å². The van der Waals surface area contributed by atoms with Gasteiger partial charge in [0.2, 0.25) is 0 Å². The summed E-state index contributed by atoms with van der Waals surface area (Å²) < 4.78 is 6.00. The lowest BCUT2D eigenvalue weighted by Crippen LogP contribution is -2.21. The van der Waals surface area contributed by atoms with Crippen LogP contribution < -0.4 is 0 Å². The van der Waals surface area contributed by atoms with Crippen LogP contribution in [0.15, 0.2) is 71.5 Å². The van der Waals surface area contributed by atoms with Gasteiger partial charge >= 0.3 is 11.9 Å². The Balaban J connectivity index is 1.59. The Hall–Kier alpha value is -3.06. The smallest absolute Gasteiger partial charge is 0.307 e. The van der Waals surface area contributed by atoms with Gasteiger partial charge in [0, 0.05) is 18.0 Å². The van der Waals surface area contributed by atoms with E-state index in [-0.39, 0.29) is 19.4 Å². The second-order valence-corrected chi connectivity index (χ2v) is 7.43. The maximum Gasteiger partial charge on any atom is 0.307 e. The third-order valence-electron chi connectivity index (χ3n) is 4.32. The van der Waals surface area contributed by atoms with Gasteiger partial charge in [0.25, 0.3) is 0 Å². The van der Waals surface area contributed by atoms with E-state index in [2.05, 4.69) is 25.9 Å². The van der Waals surface area contributed by atoms with Gasteiger partial charge in [0.05, 0.1) is 16.8 Å². The maximum absolute atomic E-state index is 12.1. The van der Waals surface area contributed by atoms with Gasteiger partial charge < -0.3 is 9.84 Å². The number of hydrogen-bond acceptors (Lipinski definition) is 5. The number of carbonyl (C=O) groups excluding carboxylic acids is 1. The van der Waals surface area contributed by atoms with E-state index in [0.717, 1.165) is 21.2 Å². The number of ether oxygens (including phenoxy) is 1. The number of carbonyl (C=O) groups is 2. The van der Waals surface area contributed by atoms with E-state index >= 15 is 0 Å². The Morgan fingerprint density at radius 3 is 2.24 bits per heavy atom. The quantitative estimate of drug-likeness (QED) is 0.510. The van der Waals surface area contributed by atoms with E-state index in [9.17, 15) is 14.7 Å². The minimum absolute atomic E-state index is 0.133. The van der Waals surface area contributed by atoms with Crippen molar-refractivity contribution in [2.45, 2.75) is 19.4 Å². The Kier molecular flexibility index (Phi) is 7.08. The van der Waals surface area contributed by atoms with Crippen LogP contribution in [-0.4, -0.2) is 27.0 Å². The van der Waals surface area contributed by atoms with E-state index in [1.807, 2.05) is 54.6 Å². The van der Waals surface area contributed by atoms with Gasteiger partial charge in [-0.25, -0.2) is 9.97 Å². The van der Waals surface area contributed by atoms with Crippen LogP contribution in [0.3, 0.4) is 0 Å². The molecule has 3 rings (SSSR count). The van der Waals surface area contributed by atoms with Crippen molar-refractivity contribution in [2.24, 2.45) is 5.92 Å². The zero-order valence-electron chi connectivity index (χ0n) is 15.5. The predicted octanol–water partition coefficient (Wildman–Crippen LogP) is 4.28. The molecule has 0 aliphatic heterocycles. The van der Waals surface area contributed by atoms with Gasteiger partial charge in [0.1, 0.15) is 6.61 Å². The molecule has 0 bridgehead atoms. The normalized spacial score (nSPS) is 11.6. The Morgan fingerprint density at radius 1 is 0.966 bits per heavy atom. The molecule has 0 aliphatic rings. The molecule has 6 nitrogen and oxygen atoms in total. The third-order valence-corrected chi connectivity index (χ3v) is 4.73. The molecule has 29 heavy (non-hydrogen) atoms. The second kappa shape index (κ2) is 9.93. The summed E-state index contributed by atoms with van der Waals surface area (Å²) >= 11 is 3.30. The Morgan fingerprint density at radius 2 is 1.62 bits per heavy atom. The molecule has 0 fully saturated rings. The van der Waals surface area contributed by atoms with E-state index < -0.39 is 17.9 Å². The second-order valence-electron chi connectivity index (χ2n) is 6.51. The number of hydrogen-bond donors (Lipinski definition) is 1. The Labute approximate surface area is 176 Å². The number of halogens is 1. The average Bonchev–Trinajstić information content (AvgIpc) is 2.73. The monoisotopic (exact) mass is 454 g/mol. The fraction of sp³-hybridized carbons (Fsp3) is 0.182. The number of aromatic nitrogens is 2. The predicted molar refractivity (Wildman–Crippen MR) is 111 cm³/mol. The number of carboxylic acids is 1. The zero-order chi connectivity index (χ0) is 20.6. The lowest BCUT2D eigenvalue weighted by molar-refractivity contribution is -0.152. The molecule has 1 N–H and O–H groups in total. The summed E-state index contributed by atoms with van der Waals surface area (Å²) in [7, 11) is 0. The molecule has 1 heterocycles. The summed E-state index contributed by atoms with van der Waals surface area (Å²) in [4.78, 5) is 32.2. The summed E-state index contributed by atoms with van der Waals surface area (Å²) in [6.07, 6.45) is 3.38.